The number of carbonyl (C=O) groups is 1. The normalized spacial score (nSPS) is 15.8. The lowest BCUT2D eigenvalue weighted by molar-refractivity contribution is 0.112. The summed E-state index contributed by atoms with van der Waals surface area (Å²) in [4.78, 5) is 14.9. The Labute approximate surface area is 81.9 Å². The predicted octanol–water partition coefficient (Wildman–Crippen LogP) is 2.51. The van der Waals surface area contributed by atoms with E-state index in [1.807, 2.05) is 6.07 Å². The first kappa shape index (κ1) is 8.70. The second kappa shape index (κ2) is 3.46. The number of rotatable bonds is 3. The molecule has 0 atom stereocenters. The Morgan fingerprint density at radius 2 is 2.38 bits per heavy atom. The summed E-state index contributed by atoms with van der Waals surface area (Å²) in [5.74, 6) is 0.888. The molecule has 0 radical (unpaired) electrons. The molecule has 1 aromatic heterocycles. The molecule has 13 heavy (non-hydrogen) atoms. The third-order valence-electron chi connectivity index (χ3n) is 2.37. The maximum atomic E-state index is 10.8. The number of aldehydes is 1. The van der Waals surface area contributed by atoms with Crippen molar-refractivity contribution in [2.45, 2.75) is 24.6 Å². The number of alkyl halides is 1. The molecule has 1 aliphatic rings. The van der Waals surface area contributed by atoms with Gasteiger partial charge in [-0.25, -0.2) is 0 Å². The SMILES string of the molecule is O=Cc1c(C2CC2)ccnc1CCl. The molecule has 1 aliphatic carbocycles. The molecule has 1 fully saturated rings. The molecule has 0 unspecified atom stereocenters. The van der Waals surface area contributed by atoms with Crippen LogP contribution in [0.3, 0.4) is 0 Å². The van der Waals surface area contributed by atoms with Crippen LogP contribution in [0.15, 0.2) is 12.3 Å². The topological polar surface area (TPSA) is 30.0 Å². The molecule has 0 aliphatic heterocycles. The van der Waals surface area contributed by atoms with Crippen molar-refractivity contribution in [3.63, 3.8) is 0 Å². The summed E-state index contributed by atoms with van der Waals surface area (Å²) in [5, 5.41) is 0. The van der Waals surface area contributed by atoms with E-state index in [9.17, 15) is 4.79 Å². The smallest absolute Gasteiger partial charge is 0.152 e. The van der Waals surface area contributed by atoms with Gasteiger partial charge in [-0.3, -0.25) is 9.78 Å². The summed E-state index contributed by atoms with van der Waals surface area (Å²) in [6.45, 7) is 0. The zero-order chi connectivity index (χ0) is 9.26. The highest BCUT2D eigenvalue weighted by atomic mass is 35.5. The van der Waals surface area contributed by atoms with Crippen molar-refractivity contribution in [2.75, 3.05) is 0 Å². The molecule has 1 saturated carbocycles. The Hall–Kier alpha value is -0.890. The fourth-order valence-electron chi connectivity index (χ4n) is 1.53. The second-order valence-electron chi connectivity index (χ2n) is 3.29. The van der Waals surface area contributed by atoms with E-state index >= 15 is 0 Å². The van der Waals surface area contributed by atoms with Crippen LogP contribution in [0.25, 0.3) is 0 Å². The van der Waals surface area contributed by atoms with Crippen LogP contribution in [0, 0.1) is 0 Å². The summed E-state index contributed by atoms with van der Waals surface area (Å²) < 4.78 is 0. The number of hydrogen-bond donors (Lipinski definition) is 0. The van der Waals surface area contributed by atoms with Gasteiger partial charge >= 0.3 is 0 Å². The molecule has 1 aromatic rings. The maximum absolute atomic E-state index is 10.8. The molecule has 0 saturated heterocycles. The molecular weight excluding hydrogens is 186 g/mol. The monoisotopic (exact) mass is 195 g/mol. The fourth-order valence-corrected chi connectivity index (χ4v) is 1.74. The van der Waals surface area contributed by atoms with Crippen LogP contribution >= 0.6 is 11.6 Å². The average Bonchev–Trinajstić information content (AvgIpc) is 2.99. The van der Waals surface area contributed by atoms with Gasteiger partial charge in [0.2, 0.25) is 0 Å². The lowest BCUT2D eigenvalue weighted by atomic mass is 10.0. The van der Waals surface area contributed by atoms with E-state index in [0.717, 1.165) is 11.8 Å². The summed E-state index contributed by atoms with van der Waals surface area (Å²) in [7, 11) is 0. The minimum Gasteiger partial charge on any atom is -0.298 e. The minimum atomic E-state index is 0.314. The first-order valence-corrected chi connectivity index (χ1v) is 4.89. The zero-order valence-corrected chi connectivity index (χ0v) is 7.92. The number of aromatic nitrogens is 1. The molecule has 3 heteroatoms. The Kier molecular flexibility index (Phi) is 2.32. The highest BCUT2D eigenvalue weighted by molar-refractivity contribution is 6.17. The summed E-state index contributed by atoms with van der Waals surface area (Å²) >= 11 is 5.69. The second-order valence-corrected chi connectivity index (χ2v) is 3.55. The quantitative estimate of drug-likeness (QED) is 0.548. The van der Waals surface area contributed by atoms with Crippen LogP contribution in [0.5, 0.6) is 0 Å². The lowest BCUT2D eigenvalue weighted by Gasteiger charge is -2.05. The van der Waals surface area contributed by atoms with Crippen LogP contribution in [-0.4, -0.2) is 11.3 Å². The number of carbonyl (C=O) groups excluding carboxylic acids is 1. The Morgan fingerprint density at radius 3 is 2.92 bits per heavy atom. The van der Waals surface area contributed by atoms with Crippen LogP contribution < -0.4 is 0 Å². The third kappa shape index (κ3) is 1.59. The summed E-state index contributed by atoms with van der Waals surface area (Å²) in [6.07, 6.45) is 4.98. The average molecular weight is 196 g/mol. The van der Waals surface area contributed by atoms with Gasteiger partial charge in [0.1, 0.15) is 0 Å². The van der Waals surface area contributed by atoms with Crippen molar-refractivity contribution < 1.29 is 4.79 Å². The van der Waals surface area contributed by atoms with Crippen LogP contribution in [0.1, 0.15) is 40.4 Å². The van der Waals surface area contributed by atoms with Crippen LogP contribution in [0.2, 0.25) is 0 Å². The van der Waals surface area contributed by atoms with Gasteiger partial charge in [0.25, 0.3) is 0 Å². The van der Waals surface area contributed by atoms with Crippen LogP contribution in [-0.2, 0) is 5.88 Å². The van der Waals surface area contributed by atoms with E-state index in [1.54, 1.807) is 6.20 Å². The van der Waals surface area contributed by atoms with E-state index in [2.05, 4.69) is 4.98 Å². The largest absolute Gasteiger partial charge is 0.298 e. The van der Waals surface area contributed by atoms with E-state index in [0.29, 0.717) is 23.1 Å². The standard InChI is InChI=1S/C10H10ClNO/c11-5-10-9(6-13)8(3-4-12-10)7-1-2-7/h3-4,6-7H,1-2,5H2. The number of nitrogens with zero attached hydrogens (tertiary/aromatic N) is 1. The summed E-state index contributed by atoms with van der Waals surface area (Å²) in [6, 6.07) is 1.93. The molecule has 68 valence electrons. The van der Waals surface area contributed by atoms with Gasteiger partial charge in [0.05, 0.1) is 11.6 Å². The molecule has 2 rings (SSSR count). The van der Waals surface area contributed by atoms with E-state index < -0.39 is 0 Å². The predicted molar refractivity (Wildman–Crippen MR) is 51.2 cm³/mol. The lowest BCUT2D eigenvalue weighted by Crippen LogP contribution is -1.98. The van der Waals surface area contributed by atoms with E-state index in [1.165, 1.54) is 12.8 Å². The molecule has 1 heterocycles. The Morgan fingerprint density at radius 1 is 1.62 bits per heavy atom. The van der Waals surface area contributed by atoms with Crippen molar-refractivity contribution in [2.24, 2.45) is 0 Å². The molecule has 2 nitrogen and oxygen atoms in total. The van der Waals surface area contributed by atoms with Gasteiger partial charge < -0.3 is 0 Å². The van der Waals surface area contributed by atoms with Gasteiger partial charge in [-0.2, -0.15) is 0 Å². The molecule has 0 N–H and O–H groups in total. The molecular formula is C10H10ClNO. The van der Waals surface area contributed by atoms with E-state index in [4.69, 9.17) is 11.6 Å². The molecule has 0 bridgehead atoms. The maximum Gasteiger partial charge on any atom is 0.152 e. The number of halogens is 1. The molecule has 0 amide bonds. The van der Waals surface area contributed by atoms with Crippen molar-refractivity contribution in [3.8, 4) is 0 Å². The third-order valence-corrected chi connectivity index (χ3v) is 2.62. The van der Waals surface area contributed by atoms with Gasteiger partial charge in [0.15, 0.2) is 6.29 Å². The Bertz CT molecular complexity index is 334. The Balaban J connectivity index is 2.47. The van der Waals surface area contributed by atoms with Crippen LogP contribution in [0.4, 0.5) is 0 Å². The van der Waals surface area contributed by atoms with Gasteiger partial charge in [-0.05, 0) is 30.4 Å². The highest BCUT2D eigenvalue weighted by Crippen LogP contribution is 2.41. The van der Waals surface area contributed by atoms with Gasteiger partial charge in [-0.1, -0.05) is 0 Å². The first-order valence-electron chi connectivity index (χ1n) is 4.35. The van der Waals surface area contributed by atoms with Gasteiger partial charge in [-0.15, -0.1) is 11.6 Å². The van der Waals surface area contributed by atoms with Crippen molar-refractivity contribution in [1.82, 2.24) is 4.98 Å². The highest BCUT2D eigenvalue weighted by Gasteiger charge is 2.26. The van der Waals surface area contributed by atoms with E-state index in [-0.39, 0.29) is 0 Å². The van der Waals surface area contributed by atoms with Gasteiger partial charge in [0, 0.05) is 11.8 Å². The minimum absolute atomic E-state index is 0.314. The molecule has 0 aromatic carbocycles. The first-order chi connectivity index (χ1) is 6.36. The summed E-state index contributed by atoms with van der Waals surface area (Å²) in [5.41, 5.74) is 2.54. The van der Waals surface area contributed by atoms with Crippen molar-refractivity contribution in [1.29, 1.82) is 0 Å². The van der Waals surface area contributed by atoms with Crippen molar-refractivity contribution >= 4 is 17.9 Å². The number of hydrogen-bond acceptors (Lipinski definition) is 2. The molecule has 0 spiro atoms. The fraction of sp³-hybridized carbons (Fsp3) is 0.400. The zero-order valence-electron chi connectivity index (χ0n) is 7.16. The van der Waals surface area contributed by atoms with Crippen molar-refractivity contribution in [3.05, 3.63) is 29.1 Å². The number of pyridine rings is 1.